The van der Waals surface area contributed by atoms with Gasteiger partial charge in [0, 0.05) is 42.3 Å². The summed E-state index contributed by atoms with van der Waals surface area (Å²) in [6.07, 6.45) is 5.22. The fraction of sp³-hybridized carbons (Fsp3) is 0.368. The second kappa shape index (κ2) is 8.45. The van der Waals surface area contributed by atoms with Crippen molar-refractivity contribution in [3.8, 4) is 0 Å². The molecule has 0 unspecified atom stereocenters. The molecule has 0 spiro atoms. The first-order chi connectivity index (χ1) is 12.2. The first-order valence-electron chi connectivity index (χ1n) is 8.49. The van der Waals surface area contributed by atoms with Crippen LogP contribution >= 0.6 is 15.9 Å². The van der Waals surface area contributed by atoms with Gasteiger partial charge in [-0.3, -0.25) is 9.88 Å². The molecule has 0 bridgehead atoms. The van der Waals surface area contributed by atoms with Gasteiger partial charge in [0.15, 0.2) is 0 Å². The summed E-state index contributed by atoms with van der Waals surface area (Å²) < 4.78 is 0.980. The topological polar surface area (TPSA) is 56.7 Å². The van der Waals surface area contributed by atoms with Crippen LogP contribution in [0, 0.1) is 5.92 Å². The summed E-state index contributed by atoms with van der Waals surface area (Å²) in [6.45, 7) is 2.05. The summed E-state index contributed by atoms with van der Waals surface area (Å²) >= 11 is 3.44. The van der Waals surface area contributed by atoms with Crippen molar-refractivity contribution in [2.75, 3.05) is 24.6 Å². The second-order valence-electron chi connectivity index (χ2n) is 6.32. The fourth-order valence-electron chi connectivity index (χ4n) is 3.04. The normalized spacial score (nSPS) is 15.2. The number of carbonyl (C=O) groups is 1. The van der Waals surface area contributed by atoms with E-state index in [0.29, 0.717) is 25.6 Å². The number of benzene rings is 1. The van der Waals surface area contributed by atoms with Crippen LogP contribution in [0.5, 0.6) is 0 Å². The monoisotopic (exact) mass is 403 g/mol. The third-order valence-corrected chi connectivity index (χ3v) is 5.10. The summed E-state index contributed by atoms with van der Waals surface area (Å²) in [5.74, 6) is 0.309. The Balaban J connectivity index is 1.80. The number of rotatable bonds is 4. The highest BCUT2D eigenvalue weighted by molar-refractivity contribution is 9.10. The molecule has 1 aromatic heterocycles. The van der Waals surface area contributed by atoms with Gasteiger partial charge < -0.3 is 10.0 Å². The van der Waals surface area contributed by atoms with E-state index in [1.54, 1.807) is 17.3 Å². The van der Waals surface area contributed by atoms with Crippen molar-refractivity contribution in [1.82, 2.24) is 9.88 Å². The highest BCUT2D eigenvalue weighted by Crippen LogP contribution is 2.24. The Morgan fingerprint density at radius 2 is 1.96 bits per heavy atom. The lowest BCUT2D eigenvalue weighted by Gasteiger charge is -2.35. The zero-order valence-electron chi connectivity index (χ0n) is 14.0. The van der Waals surface area contributed by atoms with Crippen LogP contribution in [0.4, 0.5) is 10.5 Å². The minimum atomic E-state index is 0.00238. The number of urea groups is 1. The fourth-order valence-corrected chi connectivity index (χ4v) is 3.31. The third-order valence-electron chi connectivity index (χ3n) is 4.58. The molecule has 132 valence electrons. The van der Waals surface area contributed by atoms with E-state index < -0.39 is 0 Å². The van der Waals surface area contributed by atoms with Gasteiger partial charge in [-0.15, -0.1) is 0 Å². The molecule has 1 saturated heterocycles. The van der Waals surface area contributed by atoms with Crippen molar-refractivity contribution in [1.29, 1.82) is 0 Å². The Morgan fingerprint density at radius 3 is 2.56 bits per heavy atom. The van der Waals surface area contributed by atoms with Gasteiger partial charge >= 0.3 is 6.03 Å². The maximum Gasteiger partial charge on any atom is 0.324 e. The summed E-state index contributed by atoms with van der Waals surface area (Å²) in [4.78, 5) is 21.0. The number of halogens is 1. The lowest BCUT2D eigenvalue weighted by atomic mass is 9.98. The predicted molar refractivity (Wildman–Crippen MR) is 101 cm³/mol. The molecular weight excluding hydrogens is 382 g/mol. The van der Waals surface area contributed by atoms with Gasteiger partial charge in [-0.2, -0.15) is 0 Å². The molecule has 2 aromatic rings. The zero-order valence-corrected chi connectivity index (χ0v) is 15.6. The van der Waals surface area contributed by atoms with Gasteiger partial charge in [0.1, 0.15) is 0 Å². The van der Waals surface area contributed by atoms with Gasteiger partial charge in [0.05, 0.1) is 6.54 Å². The molecule has 25 heavy (non-hydrogen) atoms. The Kier molecular flexibility index (Phi) is 6.04. The van der Waals surface area contributed by atoms with Gasteiger partial charge in [-0.05, 0) is 54.7 Å². The maximum atomic E-state index is 13.1. The van der Waals surface area contributed by atoms with E-state index in [9.17, 15) is 9.90 Å². The van der Waals surface area contributed by atoms with Crippen LogP contribution in [0.3, 0.4) is 0 Å². The van der Waals surface area contributed by atoms with Crippen LogP contribution in [0.15, 0.2) is 53.3 Å². The van der Waals surface area contributed by atoms with Crippen molar-refractivity contribution < 1.29 is 9.90 Å². The average Bonchev–Trinajstić information content (AvgIpc) is 2.67. The van der Waals surface area contributed by atoms with Gasteiger partial charge in [0.2, 0.25) is 0 Å². The Bertz CT molecular complexity index is 686. The molecule has 6 heteroatoms. The third kappa shape index (κ3) is 4.58. The number of amides is 2. The van der Waals surface area contributed by atoms with Gasteiger partial charge in [0.25, 0.3) is 0 Å². The van der Waals surface area contributed by atoms with Crippen LogP contribution < -0.4 is 4.90 Å². The van der Waals surface area contributed by atoms with Crippen molar-refractivity contribution in [3.63, 3.8) is 0 Å². The Hall–Kier alpha value is -1.92. The van der Waals surface area contributed by atoms with Crippen LogP contribution in [0.25, 0.3) is 0 Å². The van der Waals surface area contributed by atoms with Gasteiger partial charge in [-0.25, -0.2) is 4.79 Å². The molecule has 1 N–H and O–H groups in total. The van der Waals surface area contributed by atoms with E-state index in [4.69, 9.17) is 0 Å². The van der Waals surface area contributed by atoms with E-state index in [-0.39, 0.29) is 12.6 Å². The molecule has 1 fully saturated rings. The number of anilines is 1. The Labute approximate surface area is 156 Å². The predicted octanol–water partition coefficient (Wildman–Crippen LogP) is 3.68. The number of likely N-dealkylation sites (tertiary alicyclic amines) is 1. The first-order valence-corrected chi connectivity index (χ1v) is 9.28. The molecule has 0 atom stereocenters. The highest BCUT2D eigenvalue weighted by atomic mass is 79.9. The summed E-state index contributed by atoms with van der Waals surface area (Å²) in [7, 11) is 0. The number of nitrogens with zero attached hydrogens (tertiary/aromatic N) is 3. The number of aliphatic hydroxyl groups is 1. The summed E-state index contributed by atoms with van der Waals surface area (Å²) in [6, 6.07) is 11.6. The minimum absolute atomic E-state index is 0.00238. The first kappa shape index (κ1) is 17.9. The van der Waals surface area contributed by atoms with Crippen molar-refractivity contribution in [3.05, 3.63) is 58.8 Å². The van der Waals surface area contributed by atoms with E-state index in [1.807, 2.05) is 41.3 Å². The molecule has 1 aliphatic rings. The van der Waals surface area contributed by atoms with Crippen molar-refractivity contribution >= 4 is 27.6 Å². The van der Waals surface area contributed by atoms with Crippen molar-refractivity contribution in [2.45, 2.75) is 19.4 Å². The molecule has 2 amide bonds. The molecule has 1 aromatic carbocycles. The largest absolute Gasteiger partial charge is 0.396 e. The second-order valence-corrected chi connectivity index (χ2v) is 7.24. The van der Waals surface area contributed by atoms with E-state index in [0.717, 1.165) is 28.6 Å². The Morgan fingerprint density at radius 1 is 1.24 bits per heavy atom. The molecule has 0 saturated carbocycles. The quantitative estimate of drug-likeness (QED) is 0.846. The highest BCUT2D eigenvalue weighted by Gasteiger charge is 2.27. The average molecular weight is 404 g/mol. The van der Waals surface area contributed by atoms with Crippen LogP contribution in [-0.4, -0.2) is 40.7 Å². The van der Waals surface area contributed by atoms with Crippen LogP contribution in [-0.2, 0) is 6.54 Å². The van der Waals surface area contributed by atoms with E-state index in [1.165, 1.54) is 0 Å². The number of aromatic nitrogens is 1. The van der Waals surface area contributed by atoms with Crippen LogP contribution in [0.1, 0.15) is 18.4 Å². The smallest absolute Gasteiger partial charge is 0.324 e. The van der Waals surface area contributed by atoms with Crippen LogP contribution in [0.2, 0.25) is 0 Å². The molecule has 0 aliphatic carbocycles. The lowest BCUT2D eigenvalue weighted by molar-refractivity contribution is 0.140. The number of piperidine rings is 1. The number of pyridine rings is 1. The molecule has 2 heterocycles. The zero-order chi connectivity index (χ0) is 17.6. The summed E-state index contributed by atoms with van der Waals surface area (Å²) in [5, 5.41) is 9.30. The molecule has 1 aliphatic heterocycles. The lowest BCUT2D eigenvalue weighted by Crippen LogP contribution is -2.47. The van der Waals surface area contributed by atoms with Gasteiger partial charge in [-0.1, -0.05) is 22.0 Å². The number of hydrogen-bond donors (Lipinski definition) is 1. The standard InChI is InChI=1S/C19H22BrN3O2/c20-17-3-5-18(6-4-17)23(13-16-2-1-9-21-12-16)19(25)22-10-7-15(14-24)8-11-22/h1-6,9,12,15,24H,7-8,10-11,13-14H2. The van der Waals surface area contributed by atoms with E-state index >= 15 is 0 Å². The van der Waals surface area contributed by atoms with E-state index in [2.05, 4.69) is 20.9 Å². The molecule has 0 radical (unpaired) electrons. The minimum Gasteiger partial charge on any atom is -0.396 e. The number of aliphatic hydroxyl groups excluding tert-OH is 1. The number of hydrogen-bond acceptors (Lipinski definition) is 3. The molecular formula is C19H22BrN3O2. The number of carbonyl (C=O) groups excluding carboxylic acids is 1. The summed E-state index contributed by atoms with van der Waals surface area (Å²) in [5.41, 5.74) is 1.85. The molecule has 3 rings (SSSR count). The SMILES string of the molecule is O=C(N1CCC(CO)CC1)N(Cc1cccnc1)c1ccc(Br)cc1. The van der Waals surface area contributed by atoms with Crippen molar-refractivity contribution in [2.24, 2.45) is 5.92 Å². The molecule has 5 nitrogen and oxygen atoms in total. The maximum absolute atomic E-state index is 13.1.